The summed E-state index contributed by atoms with van der Waals surface area (Å²) in [6.45, 7) is 3.86. The summed E-state index contributed by atoms with van der Waals surface area (Å²) in [7, 11) is 1.63. The van der Waals surface area contributed by atoms with Crippen LogP contribution in [0.15, 0.2) is 53.5 Å². The lowest BCUT2D eigenvalue weighted by Gasteiger charge is -2.16. The molecule has 0 aliphatic carbocycles. The van der Waals surface area contributed by atoms with E-state index < -0.39 is 0 Å². The molecule has 154 valence electrons. The van der Waals surface area contributed by atoms with Gasteiger partial charge in [0.2, 0.25) is 0 Å². The molecule has 0 saturated carbocycles. The molecule has 0 bridgehead atoms. The molecule has 0 spiro atoms. The highest BCUT2D eigenvalue weighted by Gasteiger charge is 2.34. The lowest BCUT2D eigenvalue weighted by molar-refractivity contribution is 0.0657. The highest BCUT2D eigenvalue weighted by Crippen LogP contribution is 2.21. The van der Waals surface area contributed by atoms with Gasteiger partial charge in [0.05, 0.1) is 24.8 Å². The van der Waals surface area contributed by atoms with Crippen LogP contribution in [-0.2, 0) is 6.54 Å². The number of rotatable bonds is 7. The van der Waals surface area contributed by atoms with E-state index in [0.29, 0.717) is 36.7 Å². The monoisotopic (exact) mass is 508 g/mol. The van der Waals surface area contributed by atoms with Crippen molar-refractivity contribution in [3.05, 3.63) is 65.2 Å². The predicted octanol–water partition coefficient (Wildman–Crippen LogP) is 2.66. The summed E-state index contributed by atoms with van der Waals surface area (Å²) in [5.74, 6) is 0.916. The Kier molecular flexibility index (Phi) is 8.44. The quantitative estimate of drug-likeness (QED) is 0.260. The van der Waals surface area contributed by atoms with Gasteiger partial charge in [0.1, 0.15) is 5.75 Å². The average molecular weight is 508 g/mol. The minimum absolute atomic E-state index is 0. The second kappa shape index (κ2) is 10.8. The Morgan fingerprint density at radius 2 is 1.72 bits per heavy atom. The normalized spacial score (nSPS) is 13.0. The second-order valence-corrected chi connectivity index (χ2v) is 6.28. The summed E-state index contributed by atoms with van der Waals surface area (Å²) >= 11 is 0. The molecule has 0 radical (unpaired) electrons. The molecule has 3 rings (SSSR count). The molecule has 29 heavy (non-hydrogen) atoms. The maximum atomic E-state index is 12.4. The number of nitrogens with zero attached hydrogens (tertiary/aromatic N) is 2. The molecule has 2 aromatic carbocycles. The first kappa shape index (κ1) is 22.7. The van der Waals surface area contributed by atoms with Crippen LogP contribution < -0.4 is 15.4 Å². The molecule has 0 atom stereocenters. The number of hydrogen-bond acceptors (Lipinski definition) is 4. The van der Waals surface area contributed by atoms with Crippen molar-refractivity contribution in [3.63, 3.8) is 0 Å². The van der Waals surface area contributed by atoms with Gasteiger partial charge in [-0.15, -0.1) is 24.0 Å². The van der Waals surface area contributed by atoms with Crippen molar-refractivity contribution in [3.8, 4) is 5.75 Å². The Morgan fingerprint density at radius 3 is 2.34 bits per heavy atom. The van der Waals surface area contributed by atoms with E-state index in [9.17, 15) is 9.59 Å². The fourth-order valence-electron chi connectivity index (χ4n) is 3.01. The van der Waals surface area contributed by atoms with Crippen LogP contribution in [0, 0.1) is 0 Å². The number of fused-ring (bicyclic) bond motifs is 1. The predicted molar refractivity (Wildman–Crippen MR) is 123 cm³/mol. The number of amides is 2. The number of benzene rings is 2. The van der Waals surface area contributed by atoms with Gasteiger partial charge in [0.25, 0.3) is 11.8 Å². The third-order valence-electron chi connectivity index (χ3n) is 4.40. The van der Waals surface area contributed by atoms with Gasteiger partial charge in [-0.05, 0) is 36.8 Å². The third kappa shape index (κ3) is 5.47. The van der Waals surface area contributed by atoms with Gasteiger partial charge in [-0.2, -0.15) is 0 Å². The first-order valence-electron chi connectivity index (χ1n) is 9.24. The summed E-state index contributed by atoms with van der Waals surface area (Å²) in [6.07, 6.45) is 0. The van der Waals surface area contributed by atoms with Gasteiger partial charge >= 0.3 is 0 Å². The van der Waals surface area contributed by atoms with Gasteiger partial charge in [0, 0.05) is 19.6 Å². The molecular weight excluding hydrogens is 483 g/mol. The number of halogens is 1. The van der Waals surface area contributed by atoms with E-state index in [-0.39, 0.29) is 42.3 Å². The summed E-state index contributed by atoms with van der Waals surface area (Å²) in [5, 5.41) is 6.34. The van der Waals surface area contributed by atoms with E-state index >= 15 is 0 Å². The van der Waals surface area contributed by atoms with Gasteiger partial charge in [-0.3, -0.25) is 14.5 Å². The molecule has 0 fully saturated rings. The van der Waals surface area contributed by atoms with Crippen molar-refractivity contribution in [2.45, 2.75) is 13.5 Å². The number of methoxy groups -OCH3 is 1. The van der Waals surface area contributed by atoms with Crippen LogP contribution in [0.4, 0.5) is 0 Å². The van der Waals surface area contributed by atoms with E-state index in [0.717, 1.165) is 11.3 Å². The zero-order valence-electron chi connectivity index (χ0n) is 16.5. The number of aliphatic imine (C=N–C) groups is 1. The van der Waals surface area contributed by atoms with E-state index in [1.165, 1.54) is 4.90 Å². The van der Waals surface area contributed by atoms with Gasteiger partial charge < -0.3 is 15.4 Å². The number of guanidine groups is 1. The third-order valence-corrected chi connectivity index (χ3v) is 4.40. The van der Waals surface area contributed by atoms with Crippen molar-refractivity contribution in [2.24, 2.45) is 4.99 Å². The fourth-order valence-corrected chi connectivity index (χ4v) is 3.01. The minimum atomic E-state index is -0.249. The second-order valence-electron chi connectivity index (χ2n) is 6.28. The standard InChI is InChI=1S/C21H24N4O3.HI/c1-3-22-21(24-14-15-7-6-8-16(13-15)28-2)23-11-12-25-19(26)17-9-4-5-10-18(17)20(25)27;/h4-10,13H,3,11-12,14H2,1-2H3,(H2,22,23,24);1H. The maximum absolute atomic E-state index is 12.4. The Bertz CT molecular complexity index is 866. The van der Waals surface area contributed by atoms with Crippen molar-refractivity contribution >= 4 is 41.8 Å². The SMILES string of the molecule is CCNC(=NCc1cccc(OC)c1)NCCN1C(=O)c2ccccc2C1=O.I. The molecule has 0 aromatic heterocycles. The lowest BCUT2D eigenvalue weighted by atomic mass is 10.1. The number of imide groups is 1. The van der Waals surface area contributed by atoms with Crippen LogP contribution in [0.25, 0.3) is 0 Å². The molecule has 0 saturated heterocycles. The Labute approximate surface area is 187 Å². The van der Waals surface area contributed by atoms with E-state index in [4.69, 9.17) is 4.74 Å². The number of carbonyl (C=O) groups is 2. The number of nitrogens with one attached hydrogen (secondary N) is 2. The summed E-state index contributed by atoms with van der Waals surface area (Å²) in [5.41, 5.74) is 1.95. The minimum Gasteiger partial charge on any atom is -0.497 e. The van der Waals surface area contributed by atoms with Gasteiger partial charge in [-0.25, -0.2) is 4.99 Å². The molecule has 7 nitrogen and oxygen atoms in total. The van der Waals surface area contributed by atoms with Crippen molar-refractivity contribution in [1.29, 1.82) is 0 Å². The van der Waals surface area contributed by atoms with Gasteiger partial charge in [0.15, 0.2) is 5.96 Å². The number of carbonyl (C=O) groups excluding carboxylic acids is 2. The zero-order chi connectivity index (χ0) is 19.9. The van der Waals surface area contributed by atoms with Crippen LogP contribution in [-0.4, -0.2) is 49.4 Å². The molecule has 1 heterocycles. The average Bonchev–Trinajstić information content (AvgIpc) is 2.97. The Morgan fingerprint density at radius 1 is 1.03 bits per heavy atom. The summed E-state index contributed by atoms with van der Waals surface area (Å²) in [6, 6.07) is 14.6. The molecule has 0 unspecified atom stereocenters. The highest BCUT2D eigenvalue weighted by molar-refractivity contribution is 14.0. The molecule has 1 aliphatic heterocycles. The molecule has 2 aromatic rings. The first-order valence-corrected chi connectivity index (χ1v) is 9.24. The number of ether oxygens (including phenoxy) is 1. The zero-order valence-corrected chi connectivity index (χ0v) is 18.8. The van der Waals surface area contributed by atoms with E-state index in [1.807, 2.05) is 31.2 Å². The van der Waals surface area contributed by atoms with E-state index in [1.54, 1.807) is 31.4 Å². The Balaban J connectivity index is 0.00000300. The fraction of sp³-hybridized carbons (Fsp3) is 0.286. The van der Waals surface area contributed by atoms with Crippen LogP contribution in [0.1, 0.15) is 33.2 Å². The van der Waals surface area contributed by atoms with Crippen LogP contribution in [0.3, 0.4) is 0 Å². The molecular formula is C21H25IN4O3. The van der Waals surface area contributed by atoms with Crippen molar-refractivity contribution in [2.75, 3.05) is 26.7 Å². The molecule has 2 N–H and O–H groups in total. The maximum Gasteiger partial charge on any atom is 0.261 e. The van der Waals surface area contributed by atoms with Crippen LogP contribution in [0.2, 0.25) is 0 Å². The molecule has 8 heteroatoms. The smallest absolute Gasteiger partial charge is 0.261 e. The molecule has 1 aliphatic rings. The summed E-state index contributed by atoms with van der Waals surface area (Å²) in [4.78, 5) is 30.6. The van der Waals surface area contributed by atoms with Crippen molar-refractivity contribution in [1.82, 2.24) is 15.5 Å². The Hall–Kier alpha value is -2.62. The van der Waals surface area contributed by atoms with Crippen molar-refractivity contribution < 1.29 is 14.3 Å². The van der Waals surface area contributed by atoms with Crippen LogP contribution in [0.5, 0.6) is 5.75 Å². The largest absolute Gasteiger partial charge is 0.497 e. The molecule has 2 amide bonds. The van der Waals surface area contributed by atoms with E-state index in [2.05, 4.69) is 15.6 Å². The van der Waals surface area contributed by atoms with Crippen LogP contribution >= 0.6 is 24.0 Å². The van der Waals surface area contributed by atoms with Gasteiger partial charge in [-0.1, -0.05) is 24.3 Å². The topological polar surface area (TPSA) is 83.0 Å². The highest BCUT2D eigenvalue weighted by atomic mass is 127. The summed E-state index contributed by atoms with van der Waals surface area (Å²) < 4.78 is 5.23. The lowest BCUT2D eigenvalue weighted by Crippen LogP contribution is -2.43. The first-order chi connectivity index (χ1) is 13.6. The number of hydrogen-bond donors (Lipinski definition) is 2.